The minimum atomic E-state index is -3.00. The van der Waals surface area contributed by atoms with Gasteiger partial charge in [-0.3, -0.25) is 0 Å². The first kappa shape index (κ1) is 49.6. The van der Waals surface area contributed by atoms with E-state index < -0.39 is 16.1 Å². The van der Waals surface area contributed by atoms with Crippen LogP contribution in [-0.4, -0.2) is 27.4 Å². The Labute approximate surface area is 493 Å². The maximum absolute atomic E-state index is 3.00. The summed E-state index contributed by atoms with van der Waals surface area (Å²) in [6, 6.07) is 128. The molecule has 0 amide bonds. The molecule has 1 aromatic heterocycles. The monoisotopic (exact) mass is 1100 g/mol. The van der Waals surface area contributed by atoms with Crippen molar-refractivity contribution < 1.29 is 0 Å². The first-order valence-electron chi connectivity index (χ1n) is 29.2. The topological polar surface area (TPSA) is 11.4 Å². The van der Waals surface area contributed by atoms with Gasteiger partial charge in [0.25, 0.3) is 6.71 Å². The second-order valence-corrected chi connectivity index (χ2v) is 29.9. The maximum Gasteiger partial charge on any atom is 0.252 e. The number of fused-ring (bicyclic) bond motifs is 7. The molecule has 0 saturated heterocycles. The molecule has 3 nitrogen and oxygen atoms in total. The Bertz CT molecular complexity index is 4470. The van der Waals surface area contributed by atoms with Gasteiger partial charge in [0.1, 0.15) is 0 Å². The van der Waals surface area contributed by atoms with Crippen molar-refractivity contribution in [3.8, 4) is 5.69 Å². The van der Waals surface area contributed by atoms with Crippen LogP contribution in [-0.2, 0) is 0 Å². The Morgan fingerprint density at radius 1 is 0.226 bits per heavy atom. The highest BCUT2D eigenvalue weighted by molar-refractivity contribution is 7.20. The Hall–Kier alpha value is -10.2. The van der Waals surface area contributed by atoms with E-state index >= 15 is 0 Å². The molecule has 0 atom stereocenters. The summed E-state index contributed by atoms with van der Waals surface area (Å²) < 4.78 is 2.50. The summed E-state index contributed by atoms with van der Waals surface area (Å²) in [6.07, 6.45) is 0. The molecule has 0 spiro atoms. The molecule has 3 heterocycles. The molecule has 0 aliphatic carbocycles. The van der Waals surface area contributed by atoms with Crippen molar-refractivity contribution >= 4 is 137 Å². The first-order valence-corrected chi connectivity index (χ1v) is 33.2. The maximum atomic E-state index is 2.64. The SMILES string of the molecule is c1ccc(N2c3ccccc3B3c4cc([Si](c5ccccc5)(c5ccccc5)c5ccccc5)ccc4N(c4ccc([Si](c5ccccc5)(c5ccccc5)c5ccccc5)cc4)c4cc(-n5c6ccccc6c6ccccc65)cc2c43)cc1. The molecule has 2 aliphatic rings. The molecule has 0 unspecified atom stereocenters. The lowest BCUT2D eigenvalue weighted by atomic mass is 9.33. The fraction of sp³-hybridized carbons (Fsp3) is 0. The van der Waals surface area contributed by atoms with Crippen LogP contribution in [0.15, 0.2) is 340 Å². The van der Waals surface area contributed by atoms with E-state index in [9.17, 15) is 0 Å². The Balaban J connectivity index is 1.02. The van der Waals surface area contributed by atoms with Crippen molar-refractivity contribution in [1.29, 1.82) is 0 Å². The molecule has 13 aromatic carbocycles. The zero-order chi connectivity index (χ0) is 55.6. The molecular formula is C78H56BN3Si2. The summed E-state index contributed by atoms with van der Waals surface area (Å²) in [5.74, 6) is 0. The zero-order valence-corrected chi connectivity index (χ0v) is 48.3. The Kier molecular flexibility index (Phi) is 12.0. The molecular weight excluding hydrogens is 1050 g/mol. The van der Waals surface area contributed by atoms with E-state index in [0.717, 1.165) is 22.7 Å². The van der Waals surface area contributed by atoms with Gasteiger partial charge in [-0.05, 0) is 119 Å². The van der Waals surface area contributed by atoms with Gasteiger partial charge in [-0.1, -0.05) is 279 Å². The van der Waals surface area contributed by atoms with Crippen LogP contribution < -0.4 is 67.7 Å². The Morgan fingerprint density at radius 2 is 0.560 bits per heavy atom. The van der Waals surface area contributed by atoms with Crippen LogP contribution >= 0.6 is 0 Å². The lowest BCUT2D eigenvalue weighted by Gasteiger charge is -2.45. The van der Waals surface area contributed by atoms with Gasteiger partial charge in [0, 0.05) is 44.9 Å². The molecule has 0 N–H and O–H groups in total. The van der Waals surface area contributed by atoms with E-state index in [1.54, 1.807) is 0 Å². The molecule has 0 bridgehead atoms. The number of hydrogen-bond donors (Lipinski definition) is 0. The van der Waals surface area contributed by atoms with Gasteiger partial charge in [-0.15, -0.1) is 0 Å². The third kappa shape index (κ3) is 7.58. The molecule has 0 radical (unpaired) electrons. The highest BCUT2D eigenvalue weighted by Gasteiger charge is 2.48. The Morgan fingerprint density at radius 3 is 1.01 bits per heavy atom. The number of hydrogen-bond acceptors (Lipinski definition) is 2. The van der Waals surface area contributed by atoms with Gasteiger partial charge in [0.2, 0.25) is 0 Å². The summed E-state index contributed by atoms with van der Waals surface area (Å²) in [5.41, 5.74) is 14.2. The lowest BCUT2D eigenvalue weighted by molar-refractivity contribution is 1.16. The van der Waals surface area contributed by atoms with Crippen LogP contribution in [0.4, 0.5) is 34.1 Å². The largest absolute Gasteiger partial charge is 0.311 e. The van der Waals surface area contributed by atoms with Gasteiger partial charge in [-0.2, -0.15) is 0 Å². The fourth-order valence-electron chi connectivity index (χ4n) is 14.6. The van der Waals surface area contributed by atoms with Gasteiger partial charge < -0.3 is 14.4 Å². The number of para-hydroxylation sites is 4. The van der Waals surface area contributed by atoms with Crippen molar-refractivity contribution in [3.63, 3.8) is 0 Å². The molecule has 0 fully saturated rings. The van der Waals surface area contributed by atoms with Gasteiger partial charge in [-0.25, -0.2) is 0 Å². The van der Waals surface area contributed by atoms with Crippen LogP contribution in [0.5, 0.6) is 0 Å². The van der Waals surface area contributed by atoms with E-state index in [0.29, 0.717) is 0 Å². The number of benzene rings is 13. The molecule has 2 aliphatic heterocycles. The number of aromatic nitrogens is 1. The number of nitrogens with zero attached hydrogens (tertiary/aromatic N) is 3. The van der Waals surface area contributed by atoms with Crippen LogP contribution in [0.1, 0.15) is 0 Å². The van der Waals surface area contributed by atoms with E-state index in [-0.39, 0.29) is 6.71 Å². The molecule has 84 heavy (non-hydrogen) atoms. The first-order chi connectivity index (χ1) is 41.7. The molecule has 6 heteroatoms. The minimum absolute atomic E-state index is 0.118. The van der Waals surface area contributed by atoms with Crippen molar-refractivity contribution in [1.82, 2.24) is 4.57 Å². The summed E-state index contributed by atoms with van der Waals surface area (Å²) in [4.78, 5) is 5.15. The van der Waals surface area contributed by atoms with E-state index in [1.165, 1.54) is 96.8 Å². The molecule has 394 valence electrons. The van der Waals surface area contributed by atoms with Gasteiger partial charge in [0.15, 0.2) is 16.1 Å². The summed E-state index contributed by atoms with van der Waals surface area (Å²) in [5, 5.41) is 13.3. The van der Waals surface area contributed by atoms with Crippen molar-refractivity contribution in [2.45, 2.75) is 0 Å². The third-order valence-corrected chi connectivity index (χ3v) is 27.6. The smallest absolute Gasteiger partial charge is 0.252 e. The standard InChI is InChI=1S/C78H56BN3Si2/c1-8-28-57(29-9-1)80-74-47-27-24-44-70(74)79-71-56-67(84(63-36-16-5-17-37-63,64-38-18-6-19-39-64)65-40-20-7-21-41-65)52-53-75(71)81(77-55-59(54-76(80)78(77)79)82-72-45-25-22-42-68(72)69-43-23-26-46-73(69)82)58-48-50-66(51-49-58)83(60-30-10-2-11-31-60,61-32-12-3-13-33-61)62-34-14-4-15-35-62/h1-56H. The molecule has 16 rings (SSSR count). The van der Waals surface area contributed by atoms with Crippen molar-refractivity contribution in [3.05, 3.63) is 340 Å². The summed E-state index contributed by atoms with van der Waals surface area (Å²) in [6.45, 7) is -0.118. The minimum Gasteiger partial charge on any atom is -0.311 e. The summed E-state index contributed by atoms with van der Waals surface area (Å²) >= 11 is 0. The predicted octanol–water partition coefficient (Wildman–Crippen LogP) is 11.6. The van der Waals surface area contributed by atoms with Crippen molar-refractivity contribution in [2.75, 3.05) is 9.80 Å². The molecule has 0 saturated carbocycles. The van der Waals surface area contributed by atoms with E-state index in [1.807, 2.05) is 0 Å². The quantitative estimate of drug-likeness (QED) is 0.0945. The highest BCUT2D eigenvalue weighted by atomic mass is 28.3. The fourth-order valence-corrected chi connectivity index (χ4v) is 24.1. The number of anilines is 6. The normalized spacial score (nSPS) is 12.7. The van der Waals surface area contributed by atoms with Gasteiger partial charge >= 0.3 is 0 Å². The highest BCUT2D eigenvalue weighted by Crippen LogP contribution is 2.46. The average molecular weight is 1100 g/mol. The van der Waals surface area contributed by atoms with Gasteiger partial charge in [0.05, 0.1) is 16.7 Å². The lowest BCUT2D eigenvalue weighted by Crippen LogP contribution is -2.75. The summed E-state index contributed by atoms with van der Waals surface area (Å²) in [7, 11) is -5.86. The third-order valence-electron chi connectivity index (χ3n) is 18.0. The predicted molar refractivity (Wildman–Crippen MR) is 362 cm³/mol. The second-order valence-electron chi connectivity index (χ2n) is 22.3. The van der Waals surface area contributed by atoms with Crippen LogP contribution in [0.3, 0.4) is 0 Å². The van der Waals surface area contributed by atoms with E-state index in [2.05, 4.69) is 354 Å². The zero-order valence-electron chi connectivity index (χ0n) is 46.3. The van der Waals surface area contributed by atoms with Crippen LogP contribution in [0.2, 0.25) is 0 Å². The van der Waals surface area contributed by atoms with Crippen molar-refractivity contribution in [2.24, 2.45) is 0 Å². The molecule has 14 aromatic rings. The second kappa shape index (κ2) is 20.3. The van der Waals surface area contributed by atoms with Crippen LogP contribution in [0, 0.1) is 0 Å². The number of rotatable bonds is 11. The van der Waals surface area contributed by atoms with Crippen LogP contribution in [0.25, 0.3) is 27.5 Å². The van der Waals surface area contributed by atoms with E-state index in [4.69, 9.17) is 0 Å². The average Bonchev–Trinajstić information content (AvgIpc) is 2.83.